The lowest BCUT2D eigenvalue weighted by molar-refractivity contribution is 0.0992. The van der Waals surface area contributed by atoms with Crippen molar-refractivity contribution in [1.29, 1.82) is 0 Å². The molecule has 2 aromatic carbocycles. The van der Waals surface area contributed by atoms with E-state index in [1.54, 1.807) is 54.6 Å². The zero-order valence-electron chi connectivity index (χ0n) is 12.8. The van der Waals surface area contributed by atoms with Crippen LogP contribution in [-0.2, 0) is 6.61 Å². The molecule has 1 amide bonds. The number of carbonyl (C=O) groups excluding carboxylic acids is 1. The van der Waals surface area contributed by atoms with E-state index in [9.17, 15) is 4.79 Å². The van der Waals surface area contributed by atoms with Gasteiger partial charge in [0.05, 0.1) is 0 Å². The molecule has 0 aliphatic carbocycles. The second kappa shape index (κ2) is 7.83. The van der Waals surface area contributed by atoms with Gasteiger partial charge in [-0.1, -0.05) is 34.8 Å². The lowest BCUT2D eigenvalue weighted by atomic mass is 10.3. The zero-order chi connectivity index (χ0) is 17.8. The Kier molecular flexibility index (Phi) is 5.53. The fraction of sp³-hybridized carbons (Fsp3) is 0.0556. The Bertz CT molecular complexity index is 871. The summed E-state index contributed by atoms with van der Waals surface area (Å²) in [6.07, 6.45) is 0. The Hall–Kier alpha value is -2.14. The molecule has 0 unspecified atom stereocenters. The molecular weight excluding hydrogens is 385 g/mol. The molecular formula is C18H12Cl3NO3. The summed E-state index contributed by atoms with van der Waals surface area (Å²) in [6, 6.07) is 15.0. The van der Waals surface area contributed by atoms with E-state index in [1.165, 1.54) is 0 Å². The number of benzene rings is 2. The Balaban J connectivity index is 1.62. The molecule has 0 radical (unpaired) electrons. The van der Waals surface area contributed by atoms with Gasteiger partial charge in [0.25, 0.3) is 5.91 Å². The minimum Gasteiger partial charge on any atom is -0.486 e. The second-order valence-corrected chi connectivity index (χ2v) is 6.43. The van der Waals surface area contributed by atoms with Gasteiger partial charge in [-0.2, -0.15) is 0 Å². The van der Waals surface area contributed by atoms with Gasteiger partial charge in [0.1, 0.15) is 18.1 Å². The number of amides is 1. The van der Waals surface area contributed by atoms with Gasteiger partial charge >= 0.3 is 0 Å². The number of halogens is 3. The number of hydrogen-bond acceptors (Lipinski definition) is 3. The quantitative estimate of drug-likeness (QED) is 0.569. The van der Waals surface area contributed by atoms with Gasteiger partial charge in [-0.15, -0.1) is 0 Å². The van der Waals surface area contributed by atoms with Crippen molar-refractivity contribution in [3.05, 3.63) is 81.2 Å². The van der Waals surface area contributed by atoms with Crippen LogP contribution in [0.3, 0.4) is 0 Å². The fourth-order valence-corrected chi connectivity index (χ4v) is 2.73. The third kappa shape index (κ3) is 4.92. The maximum absolute atomic E-state index is 12.2. The number of rotatable bonds is 5. The third-order valence-electron chi connectivity index (χ3n) is 3.20. The molecule has 1 N–H and O–H groups in total. The molecule has 7 heteroatoms. The van der Waals surface area contributed by atoms with Crippen LogP contribution in [0.25, 0.3) is 0 Å². The molecule has 128 valence electrons. The van der Waals surface area contributed by atoms with E-state index in [0.29, 0.717) is 32.3 Å². The van der Waals surface area contributed by atoms with Gasteiger partial charge < -0.3 is 14.5 Å². The average molecular weight is 397 g/mol. The minimum absolute atomic E-state index is 0.158. The van der Waals surface area contributed by atoms with Gasteiger partial charge in [0, 0.05) is 20.8 Å². The summed E-state index contributed by atoms with van der Waals surface area (Å²) in [5, 5.41) is 4.17. The van der Waals surface area contributed by atoms with Crippen molar-refractivity contribution in [2.75, 3.05) is 5.32 Å². The number of furan rings is 1. The summed E-state index contributed by atoms with van der Waals surface area (Å²) in [5.74, 6) is 0.923. The van der Waals surface area contributed by atoms with E-state index in [1.807, 2.05) is 0 Å². The van der Waals surface area contributed by atoms with Crippen molar-refractivity contribution in [2.24, 2.45) is 0 Å². The standard InChI is InChI=1S/C18H12Cl3NO3/c19-11-1-3-15(4-2-11)24-10-16-5-6-17(25-16)18(23)22-14-8-12(20)7-13(21)9-14/h1-9H,10H2,(H,22,23). The first-order valence-electron chi connectivity index (χ1n) is 7.24. The Morgan fingerprint density at radius 1 is 0.920 bits per heavy atom. The van der Waals surface area contributed by atoms with E-state index in [0.717, 1.165) is 0 Å². The predicted molar refractivity (Wildman–Crippen MR) is 98.9 cm³/mol. The van der Waals surface area contributed by atoms with Gasteiger partial charge in [-0.05, 0) is 54.6 Å². The van der Waals surface area contributed by atoms with Crippen LogP contribution >= 0.6 is 34.8 Å². The van der Waals surface area contributed by atoms with Crippen LogP contribution < -0.4 is 10.1 Å². The zero-order valence-corrected chi connectivity index (χ0v) is 15.0. The first-order chi connectivity index (χ1) is 12.0. The van der Waals surface area contributed by atoms with Crippen LogP contribution in [0.2, 0.25) is 15.1 Å². The molecule has 0 saturated carbocycles. The van der Waals surface area contributed by atoms with E-state index < -0.39 is 5.91 Å². The Morgan fingerprint density at radius 2 is 1.60 bits per heavy atom. The molecule has 3 aromatic rings. The maximum atomic E-state index is 12.2. The molecule has 0 fully saturated rings. The van der Waals surface area contributed by atoms with Crippen molar-refractivity contribution in [2.45, 2.75) is 6.61 Å². The van der Waals surface area contributed by atoms with Crippen LogP contribution in [0.5, 0.6) is 5.75 Å². The monoisotopic (exact) mass is 395 g/mol. The van der Waals surface area contributed by atoms with Gasteiger partial charge in [0.15, 0.2) is 5.76 Å². The van der Waals surface area contributed by atoms with Gasteiger partial charge in [0.2, 0.25) is 0 Å². The van der Waals surface area contributed by atoms with Crippen molar-refractivity contribution >= 4 is 46.4 Å². The van der Waals surface area contributed by atoms with E-state index in [4.69, 9.17) is 44.0 Å². The van der Waals surface area contributed by atoms with E-state index in [-0.39, 0.29) is 12.4 Å². The number of hydrogen-bond donors (Lipinski definition) is 1. The summed E-state index contributed by atoms with van der Waals surface area (Å²) in [5.41, 5.74) is 0.484. The van der Waals surface area contributed by atoms with E-state index >= 15 is 0 Å². The lowest BCUT2D eigenvalue weighted by Gasteiger charge is -2.05. The maximum Gasteiger partial charge on any atom is 0.291 e. The molecule has 1 heterocycles. The Morgan fingerprint density at radius 3 is 2.28 bits per heavy atom. The van der Waals surface area contributed by atoms with Gasteiger partial charge in [-0.25, -0.2) is 0 Å². The highest BCUT2D eigenvalue weighted by atomic mass is 35.5. The van der Waals surface area contributed by atoms with Crippen molar-refractivity contribution in [3.63, 3.8) is 0 Å². The summed E-state index contributed by atoms with van der Waals surface area (Å²) >= 11 is 17.6. The van der Waals surface area contributed by atoms with Crippen LogP contribution in [0, 0.1) is 0 Å². The van der Waals surface area contributed by atoms with E-state index in [2.05, 4.69) is 5.32 Å². The smallest absolute Gasteiger partial charge is 0.291 e. The highest BCUT2D eigenvalue weighted by molar-refractivity contribution is 6.35. The summed E-state index contributed by atoms with van der Waals surface area (Å²) in [7, 11) is 0. The molecule has 4 nitrogen and oxygen atoms in total. The highest BCUT2D eigenvalue weighted by Gasteiger charge is 2.12. The molecule has 3 rings (SSSR count). The number of carbonyl (C=O) groups is 1. The molecule has 0 aliphatic heterocycles. The summed E-state index contributed by atoms with van der Waals surface area (Å²) in [6.45, 7) is 0.192. The fourth-order valence-electron chi connectivity index (χ4n) is 2.08. The highest BCUT2D eigenvalue weighted by Crippen LogP contribution is 2.23. The molecule has 0 spiro atoms. The van der Waals surface area contributed by atoms with Gasteiger partial charge in [-0.3, -0.25) is 4.79 Å². The SMILES string of the molecule is O=C(Nc1cc(Cl)cc(Cl)c1)c1ccc(COc2ccc(Cl)cc2)o1. The minimum atomic E-state index is -0.406. The van der Waals surface area contributed by atoms with Crippen LogP contribution in [-0.4, -0.2) is 5.91 Å². The van der Waals surface area contributed by atoms with Crippen LogP contribution in [0.4, 0.5) is 5.69 Å². The second-order valence-electron chi connectivity index (χ2n) is 5.12. The molecule has 0 aliphatic rings. The average Bonchev–Trinajstić information content (AvgIpc) is 3.02. The first-order valence-corrected chi connectivity index (χ1v) is 8.37. The third-order valence-corrected chi connectivity index (χ3v) is 3.89. The number of ether oxygens (including phenoxy) is 1. The largest absolute Gasteiger partial charge is 0.486 e. The first kappa shape index (κ1) is 17.7. The van der Waals surface area contributed by atoms with Crippen LogP contribution in [0.1, 0.15) is 16.3 Å². The summed E-state index contributed by atoms with van der Waals surface area (Å²) in [4.78, 5) is 12.2. The normalized spacial score (nSPS) is 10.5. The van der Waals surface area contributed by atoms with Crippen molar-refractivity contribution in [3.8, 4) is 5.75 Å². The Labute approximate surface area is 159 Å². The molecule has 0 bridgehead atoms. The lowest BCUT2D eigenvalue weighted by Crippen LogP contribution is -2.10. The predicted octanol–water partition coefficient (Wildman–Crippen LogP) is 6.07. The molecule has 0 atom stereocenters. The molecule has 25 heavy (non-hydrogen) atoms. The number of anilines is 1. The van der Waals surface area contributed by atoms with Crippen LogP contribution in [0.15, 0.2) is 59.0 Å². The van der Waals surface area contributed by atoms with Crippen molar-refractivity contribution < 1.29 is 13.9 Å². The topological polar surface area (TPSA) is 51.5 Å². The molecule has 1 aromatic heterocycles. The van der Waals surface area contributed by atoms with Crippen molar-refractivity contribution in [1.82, 2.24) is 0 Å². The number of nitrogens with one attached hydrogen (secondary N) is 1. The molecule has 0 saturated heterocycles. The summed E-state index contributed by atoms with van der Waals surface area (Å²) < 4.78 is 11.1.